The molecule has 0 saturated carbocycles. The lowest BCUT2D eigenvalue weighted by Gasteiger charge is -2.22. The van der Waals surface area contributed by atoms with Crippen LogP contribution in [0, 0.1) is 6.92 Å². The first-order valence-electron chi connectivity index (χ1n) is 6.47. The Morgan fingerprint density at radius 2 is 2.10 bits per heavy atom. The van der Waals surface area contributed by atoms with Crippen molar-refractivity contribution in [1.29, 1.82) is 0 Å². The minimum atomic E-state index is -0.140. The Morgan fingerprint density at radius 3 is 2.75 bits per heavy atom. The lowest BCUT2D eigenvalue weighted by molar-refractivity contribution is 0.0983. The number of amides is 1. The first-order valence-corrected chi connectivity index (χ1v) is 6.47. The van der Waals surface area contributed by atoms with Crippen molar-refractivity contribution in [1.82, 2.24) is 4.98 Å². The first kappa shape index (κ1) is 14.0. The molecule has 0 bridgehead atoms. The van der Waals surface area contributed by atoms with E-state index in [0.29, 0.717) is 17.9 Å². The monoisotopic (exact) mass is 270 g/mol. The van der Waals surface area contributed by atoms with Gasteiger partial charge in [0, 0.05) is 18.4 Å². The number of rotatable bonds is 4. The quantitative estimate of drug-likeness (QED) is 0.661. The zero-order valence-corrected chi connectivity index (χ0v) is 11.6. The molecule has 0 aliphatic carbocycles. The van der Waals surface area contributed by atoms with Crippen LogP contribution >= 0.6 is 0 Å². The molecular formula is C15H18N4O. The van der Waals surface area contributed by atoms with Gasteiger partial charge in [-0.3, -0.25) is 15.6 Å². The summed E-state index contributed by atoms with van der Waals surface area (Å²) >= 11 is 0. The van der Waals surface area contributed by atoms with Gasteiger partial charge in [-0.1, -0.05) is 18.2 Å². The number of carbonyl (C=O) groups excluding carboxylic acids is 1. The number of hydrogen-bond donors (Lipinski definition) is 2. The van der Waals surface area contributed by atoms with Crippen LogP contribution in [0.25, 0.3) is 0 Å². The summed E-state index contributed by atoms with van der Waals surface area (Å²) in [4.78, 5) is 18.4. The van der Waals surface area contributed by atoms with Gasteiger partial charge in [0.1, 0.15) is 5.69 Å². The normalized spacial score (nSPS) is 10.2. The van der Waals surface area contributed by atoms with Crippen LogP contribution < -0.4 is 16.2 Å². The first-order chi connectivity index (χ1) is 9.67. The Balaban J connectivity index is 2.36. The molecule has 0 spiro atoms. The van der Waals surface area contributed by atoms with Gasteiger partial charge in [-0.15, -0.1) is 0 Å². The van der Waals surface area contributed by atoms with Crippen LogP contribution in [-0.2, 0) is 0 Å². The van der Waals surface area contributed by atoms with E-state index in [0.717, 1.165) is 11.3 Å². The summed E-state index contributed by atoms with van der Waals surface area (Å²) in [5.74, 6) is 5.22. The third-order valence-corrected chi connectivity index (χ3v) is 3.11. The molecule has 2 rings (SSSR count). The standard InChI is InChI=1S/C15H18N4O/c1-3-19(14-7-5-4-6-11(14)2)15(20)13-10-12(18-16)8-9-17-13/h4-10H,3,16H2,1-2H3,(H,17,18). The smallest absolute Gasteiger partial charge is 0.276 e. The van der Waals surface area contributed by atoms with Crippen LogP contribution in [0.1, 0.15) is 23.0 Å². The average molecular weight is 270 g/mol. The number of pyridine rings is 1. The Bertz CT molecular complexity index is 612. The second-order valence-corrected chi connectivity index (χ2v) is 4.41. The van der Waals surface area contributed by atoms with Gasteiger partial charge in [0.05, 0.1) is 5.69 Å². The minimum absolute atomic E-state index is 0.140. The van der Waals surface area contributed by atoms with Crippen molar-refractivity contribution in [3.8, 4) is 0 Å². The summed E-state index contributed by atoms with van der Waals surface area (Å²) in [5, 5.41) is 0. The summed E-state index contributed by atoms with van der Waals surface area (Å²) in [7, 11) is 0. The van der Waals surface area contributed by atoms with Crippen LogP contribution in [0.3, 0.4) is 0 Å². The third-order valence-electron chi connectivity index (χ3n) is 3.11. The van der Waals surface area contributed by atoms with Gasteiger partial charge in [0.15, 0.2) is 0 Å². The lowest BCUT2D eigenvalue weighted by Crippen LogP contribution is -2.32. The molecule has 1 amide bonds. The Kier molecular flexibility index (Phi) is 4.32. The number of nitrogens with two attached hydrogens (primary N) is 1. The molecule has 5 nitrogen and oxygen atoms in total. The maximum atomic E-state index is 12.6. The van der Waals surface area contributed by atoms with Crippen LogP contribution in [0.15, 0.2) is 42.6 Å². The van der Waals surface area contributed by atoms with E-state index >= 15 is 0 Å². The highest BCUT2D eigenvalue weighted by Gasteiger charge is 2.18. The van der Waals surface area contributed by atoms with Crippen molar-refractivity contribution < 1.29 is 4.79 Å². The average Bonchev–Trinajstić information content (AvgIpc) is 2.49. The number of carbonyl (C=O) groups is 1. The molecule has 0 aliphatic heterocycles. The molecule has 104 valence electrons. The second kappa shape index (κ2) is 6.16. The zero-order valence-electron chi connectivity index (χ0n) is 11.6. The number of nitrogens with zero attached hydrogens (tertiary/aromatic N) is 2. The van der Waals surface area contributed by atoms with Gasteiger partial charge >= 0.3 is 0 Å². The molecular weight excluding hydrogens is 252 g/mol. The summed E-state index contributed by atoms with van der Waals surface area (Å²) in [5.41, 5.74) is 5.49. The van der Waals surface area contributed by atoms with Crippen LogP contribution in [0.4, 0.5) is 11.4 Å². The number of para-hydroxylation sites is 1. The molecule has 3 N–H and O–H groups in total. The van der Waals surface area contributed by atoms with Crippen molar-refractivity contribution in [3.63, 3.8) is 0 Å². The molecule has 20 heavy (non-hydrogen) atoms. The molecule has 0 aliphatic rings. The molecule has 1 aromatic carbocycles. The SMILES string of the molecule is CCN(C(=O)c1cc(NN)ccn1)c1ccccc1C. The van der Waals surface area contributed by atoms with Crippen LogP contribution in [0.2, 0.25) is 0 Å². The molecule has 2 aromatic rings. The maximum absolute atomic E-state index is 12.6. The summed E-state index contributed by atoms with van der Waals surface area (Å²) in [6.07, 6.45) is 1.56. The molecule has 1 heterocycles. The Morgan fingerprint density at radius 1 is 1.35 bits per heavy atom. The number of aromatic nitrogens is 1. The van der Waals surface area contributed by atoms with Crippen LogP contribution in [0.5, 0.6) is 0 Å². The largest absolute Gasteiger partial charge is 0.324 e. The van der Waals surface area contributed by atoms with E-state index in [1.54, 1.807) is 23.2 Å². The molecule has 0 atom stereocenters. The van der Waals surface area contributed by atoms with Gasteiger partial charge in [-0.05, 0) is 37.6 Å². The molecule has 1 aromatic heterocycles. The fraction of sp³-hybridized carbons (Fsp3) is 0.200. The Labute approximate surface area is 118 Å². The second-order valence-electron chi connectivity index (χ2n) is 4.41. The van der Waals surface area contributed by atoms with Crippen molar-refractivity contribution >= 4 is 17.3 Å². The van der Waals surface area contributed by atoms with Gasteiger partial charge in [-0.2, -0.15) is 0 Å². The molecule has 0 fully saturated rings. The maximum Gasteiger partial charge on any atom is 0.276 e. The molecule has 0 radical (unpaired) electrons. The number of benzene rings is 1. The molecule has 0 unspecified atom stereocenters. The molecule has 0 saturated heterocycles. The van der Waals surface area contributed by atoms with E-state index < -0.39 is 0 Å². The van der Waals surface area contributed by atoms with Crippen molar-refractivity contribution in [2.75, 3.05) is 16.9 Å². The Hall–Kier alpha value is -2.40. The predicted molar refractivity (Wildman–Crippen MR) is 80.6 cm³/mol. The fourth-order valence-corrected chi connectivity index (χ4v) is 2.07. The topological polar surface area (TPSA) is 71.2 Å². The fourth-order valence-electron chi connectivity index (χ4n) is 2.07. The number of nitrogen functional groups attached to an aromatic ring is 1. The van der Waals surface area contributed by atoms with Crippen molar-refractivity contribution in [2.45, 2.75) is 13.8 Å². The molecule has 5 heteroatoms. The van der Waals surface area contributed by atoms with E-state index in [1.165, 1.54) is 0 Å². The third kappa shape index (κ3) is 2.78. The van der Waals surface area contributed by atoms with Gasteiger partial charge in [-0.25, -0.2) is 0 Å². The highest BCUT2D eigenvalue weighted by molar-refractivity contribution is 6.05. The van der Waals surface area contributed by atoms with Gasteiger partial charge in [0.2, 0.25) is 0 Å². The van der Waals surface area contributed by atoms with Gasteiger partial charge in [0.25, 0.3) is 5.91 Å². The number of nitrogens with one attached hydrogen (secondary N) is 1. The highest BCUT2D eigenvalue weighted by Crippen LogP contribution is 2.21. The number of hydrogen-bond acceptors (Lipinski definition) is 4. The van der Waals surface area contributed by atoms with E-state index in [4.69, 9.17) is 5.84 Å². The minimum Gasteiger partial charge on any atom is -0.324 e. The summed E-state index contributed by atoms with van der Waals surface area (Å²) in [6, 6.07) is 11.1. The van der Waals surface area contributed by atoms with E-state index in [-0.39, 0.29) is 5.91 Å². The summed E-state index contributed by atoms with van der Waals surface area (Å²) < 4.78 is 0. The van der Waals surface area contributed by atoms with Crippen LogP contribution in [-0.4, -0.2) is 17.4 Å². The number of anilines is 2. The van der Waals surface area contributed by atoms with E-state index in [1.807, 2.05) is 38.1 Å². The lowest BCUT2D eigenvalue weighted by atomic mass is 10.1. The highest BCUT2D eigenvalue weighted by atomic mass is 16.2. The predicted octanol–water partition coefficient (Wildman–Crippen LogP) is 2.34. The number of hydrazine groups is 1. The van der Waals surface area contributed by atoms with Crippen molar-refractivity contribution in [2.24, 2.45) is 5.84 Å². The van der Waals surface area contributed by atoms with Gasteiger partial charge < -0.3 is 10.3 Å². The number of aryl methyl sites for hydroxylation is 1. The van der Waals surface area contributed by atoms with E-state index in [9.17, 15) is 4.79 Å². The van der Waals surface area contributed by atoms with E-state index in [2.05, 4.69) is 10.4 Å². The zero-order chi connectivity index (χ0) is 14.5. The van der Waals surface area contributed by atoms with Crippen molar-refractivity contribution in [3.05, 3.63) is 53.9 Å². The summed E-state index contributed by atoms with van der Waals surface area (Å²) in [6.45, 7) is 4.50.